The summed E-state index contributed by atoms with van der Waals surface area (Å²) in [5, 5.41) is 24.1. The summed E-state index contributed by atoms with van der Waals surface area (Å²) in [5.41, 5.74) is 2.51. The number of aliphatic hydroxyl groups excluding tert-OH is 2. The van der Waals surface area contributed by atoms with E-state index in [4.69, 9.17) is 4.74 Å². The summed E-state index contributed by atoms with van der Waals surface area (Å²) in [4.78, 5) is 12.1. The average molecular weight is 444 g/mol. The lowest BCUT2D eigenvalue weighted by atomic mass is 9.73. The first-order valence-electron chi connectivity index (χ1n) is 12.9. The van der Waals surface area contributed by atoms with Gasteiger partial charge in [0.15, 0.2) is 6.61 Å². The third-order valence-electron chi connectivity index (χ3n) is 7.96. The fourth-order valence-electron chi connectivity index (χ4n) is 5.87. The highest BCUT2D eigenvalue weighted by atomic mass is 16.5. The van der Waals surface area contributed by atoms with E-state index in [9.17, 15) is 15.0 Å². The first-order valence-corrected chi connectivity index (χ1v) is 12.9. The number of amides is 1. The van der Waals surface area contributed by atoms with Crippen LogP contribution in [0.15, 0.2) is 18.2 Å². The van der Waals surface area contributed by atoms with E-state index in [2.05, 4.69) is 18.3 Å². The molecule has 0 spiro atoms. The Morgan fingerprint density at radius 2 is 2.06 bits per heavy atom. The first kappa shape index (κ1) is 23.6. The fraction of sp³-hybridized carbons (Fsp3) is 0.741. The van der Waals surface area contributed by atoms with Crippen LogP contribution in [-0.2, 0) is 17.6 Å². The molecule has 1 amide bonds. The van der Waals surface area contributed by atoms with Gasteiger partial charge in [0.2, 0.25) is 0 Å². The molecule has 3 N–H and O–H groups in total. The maximum absolute atomic E-state index is 12.1. The highest BCUT2D eigenvalue weighted by Gasteiger charge is 2.44. The summed E-state index contributed by atoms with van der Waals surface area (Å²) in [5.74, 6) is 2.64. The molecular formula is C27H41NO4. The molecule has 5 nitrogen and oxygen atoms in total. The Morgan fingerprint density at radius 3 is 2.84 bits per heavy atom. The Morgan fingerprint density at radius 1 is 1.22 bits per heavy atom. The number of carbonyl (C=O) groups excluding carboxylic acids is 1. The van der Waals surface area contributed by atoms with E-state index in [1.165, 1.54) is 36.8 Å². The molecule has 5 atom stereocenters. The molecule has 0 unspecified atom stereocenters. The second-order valence-electron chi connectivity index (χ2n) is 10.5. The maximum Gasteiger partial charge on any atom is 0.257 e. The van der Waals surface area contributed by atoms with E-state index in [-0.39, 0.29) is 30.6 Å². The monoisotopic (exact) mass is 443 g/mol. The van der Waals surface area contributed by atoms with Crippen molar-refractivity contribution in [1.82, 2.24) is 5.32 Å². The van der Waals surface area contributed by atoms with Crippen LogP contribution in [0.5, 0.6) is 5.75 Å². The van der Waals surface area contributed by atoms with Crippen LogP contribution >= 0.6 is 0 Å². The van der Waals surface area contributed by atoms with Crippen LogP contribution in [0.1, 0.15) is 75.8 Å². The minimum Gasteiger partial charge on any atom is -0.483 e. The van der Waals surface area contributed by atoms with Crippen molar-refractivity contribution in [2.75, 3.05) is 13.2 Å². The highest BCUT2D eigenvalue weighted by molar-refractivity contribution is 5.77. The van der Waals surface area contributed by atoms with Crippen LogP contribution in [-0.4, -0.2) is 41.5 Å². The lowest BCUT2D eigenvalue weighted by Gasteiger charge is -2.32. The van der Waals surface area contributed by atoms with E-state index in [0.29, 0.717) is 17.8 Å². The SMILES string of the molecule is CCCCC[C@H](O)CC[C@@H]1[C@H]2Cc3cccc(OCC(=O)NCC4CC4)c3C[C@H]2C[C@H]1O. The summed E-state index contributed by atoms with van der Waals surface area (Å²) in [6.45, 7) is 3.02. The Hall–Kier alpha value is -1.59. The van der Waals surface area contributed by atoms with Crippen molar-refractivity contribution >= 4 is 5.91 Å². The second kappa shape index (κ2) is 11.0. The molecule has 1 aromatic rings. The molecule has 3 aliphatic rings. The molecule has 0 saturated heterocycles. The summed E-state index contributed by atoms with van der Waals surface area (Å²) < 4.78 is 5.94. The van der Waals surface area contributed by atoms with Crippen LogP contribution < -0.4 is 10.1 Å². The van der Waals surface area contributed by atoms with Gasteiger partial charge in [-0.1, -0.05) is 38.3 Å². The summed E-state index contributed by atoms with van der Waals surface area (Å²) >= 11 is 0. The van der Waals surface area contributed by atoms with Crippen molar-refractivity contribution in [3.63, 3.8) is 0 Å². The number of nitrogens with one attached hydrogen (secondary N) is 1. The number of benzene rings is 1. The summed E-state index contributed by atoms with van der Waals surface area (Å²) in [6, 6.07) is 6.17. The van der Waals surface area contributed by atoms with Gasteiger partial charge in [-0.2, -0.15) is 0 Å². The molecule has 0 bridgehead atoms. The Balaban J connectivity index is 1.32. The Kier molecular flexibility index (Phi) is 8.12. The quantitative estimate of drug-likeness (QED) is 0.426. The van der Waals surface area contributed by atoms with Gasteiger partial charge in [0, 0.05) is 6.54 Å². The number of rotatable bonds is 12. The maximum atomic E-state index is 12.1. The van der Waals surface area contributed by atoms with Crippen molar-refractivity contribution in [3.05, 3.63) is 29.3 Å². The number of hydrogen-bond acceptors (Lipinski definition) is 4. The van der Waals surface area contributed by atoms with Gasteiger partial charge in [-0.05, 0) is 92.2 Å². The molecule has 178 valence electrons. The highest BCUT2D eigenvalue weighted by Crippen LogP contribution is 2.48. The van der Waals surface area contributed by atoms with Gasteiger partial charge < -0.3 is 20.3 Å². The predicted molar refractivity (Wildman–Crippen MR) is 126 cm³/mol. The van der Waals surface area contributed by atoms with Gasteiger partial charge in [0.1, 0.15) is 5.75 Å². The van der Waals surface area contributed by atoms with Crippen LogP contribution in [0.2, 0.25) is 0 Å². The van der Waals surface area contributed by atoms with E-state index >= 15 is 0 Å². The molecule has 32 heavy (non-hydrogen) atoms. The van der Waals surface area contributed by atoms with Crippen molar-refractivity contribution < 1.29 is 19.7 Å². The number of aliphatic hydroxyl groups is 2. The van der Waals surface area contributed by atoms with Crippen LogP contribution in [0.3, 0.4) is 0 Å². The first-order chi connectivity index (χ1) is 15.5. The predicted octanol–water partition coefficient (Wildman–Crippen LogP) is 4.02. The number of carbonyl (C=O) groups is 1. The molecule has 0 radical (unpaired) electrons. The molecule has 0 aliphatic heterocycles. The molecule has 3 aliphatic carbocycles. The molecule has 4 rings (SSSR count). The van der Waals surface area contributed by atoms with Gasteiger partial charge in [-0.15, -0.1) is 0 Å². The molecule has 2 saturated carbocycles. The Bertz CT molecular complexity index is 762. The van der Waals surface area contributed by atoms with Crippen molar-refractivity contribution in [1.29, 1.82) is 0 Å². The summed E-state index contributed by atoms with van der Waals surface area (Å²) in [7, 11) is 0. The molecule has 5 heteroatoms. The van der Waals surface area contributed by atoms with Gasteiger partial charge in [0.05, 0.1) is 12.2 Å². The van der Waals surface area contributed by atoms with E-state index in [0.717, 1.165) is 57.2 Å². The molecule has 0 aromatic heterocycles. The largest absolute Gasteiger partial charge is 0.483 e. The van der Waals surface area contributed by atoms with E-state index in [1.807, 2.05) is 12.1 Å². The zero-order chi connectivity index (χ0) is 22.5. The van der Waals surface area contributed by atoms with Gasteiger partial charge in [-0.25, -0.2) is 0 Å². The smallest absolute Gasteiger partial charge is 0.257 e. The van der Waals surface area contributed by atoms with E-state index < -0.39 is 0 Å². The van der Waals surface area contributed by atoms with Crippen LogP contribution in [0.4, 0.5) is 0 Å². The standard InChI is InChI=1S/C27H41NO4/c1-2-3-4-7-21(29)11-12-22-23-13-19-6-5-8-26(24(19)14-20(23)15-25(22)30)32-17-27(31)28-16-18-9-10-18/h5-6,8,18,20-23,25,29-30H,2-4,7,9-17H2,1H3,(H,28,31)/t20-,21-,22+,23-,25+/m0/s1. The van der Waals surface area contributed by atoms with Gasteiger partial charge in [0.25, 0.3) is 5.91 Å². The third-order valence-corrected chi connectivity index (χ3v) is 7.96. The lowest BCUT2D eigenvalue weighted by molar-refractivity contribution is -0.123. The Labute approximate surface area is 192 Å². The third kappa shape index (κ3) is 6.05. The average Bonchev–Trinajstić information content (AvgIpc) is 3.56. The topological polar surface area (TPSA) is 78.8 Å². The number of hydrogen-bond donors (Lipinski definition) is 3. The van der Waals surface area contributed by atoms with Gasteiger partial charge in [-0.3, -0.25) is 4.79 Å². The molecule has 2 fully saturated rings. The minimum atomic E-state index is -0.278. The zero-order valence-corrected chi connectivity index (χ0v) is 19.6. The summed E-state index contributed by atoms with van der Waals surface area (Å²) in [6.07, 6.45) is 10.6. The van der Waals surface area contributed by atoms with Crippen molar-refractivity contribution in [2.24, 2.45) is 23.7 Å². The van der Waals surface area contributed by atoms with Crippen molar-refractivity contribution in [3.8, 4) is 5.75 Å². The molecule has 1 aromatic carbocycles. The zero-order valence-electron chi connectivity index (χ0n) is 19.6. The van der Waals surface area contributed by atoms with E-state index in [1.54, 1.807) is 0 Å². The second-order valence-corrected chi connectivity index (χ2v) is 10.5. The number of ether oxygens (including phenoxy) is 1. The van der Waals surface area contributed by atoms with Crippen LogP contribution in [0, 0.1) is 23.7 Å². The number of fused-ring (bicyclic) bond motifs is 2. The molecule has 0 heterocycles. The van der Waals surface area contributed by atoms with Gasteiger partial charge >= 0.3 is 0 Å². The molecular weight excluding hydrogens is 402 g/mol. The lowest BCUT2D eigenvalue weighted by Crippen LogP contribution is -2.31. The fourth-order valence-corrected chi connectivity index (χ4v) is 5.87. The van der Waals surface area contributed by atoms with Crippen molar-refractivity contribution in [2.45, 2.75) is 89.8 Å². The number of unbranched alkanes of at least 4 members (excludes halogenated alkanes) is 2. The minimum absolute atomic E-state index is 0.0444. The van der Waals surface area contributed by atoms with Crippen LogP contribution in [0.25, 0.3) is 0 Å². The normalized spacial score (nSPS) is 27.5.